The van der Waals surface area contributed by atoms with Crippen LogP contribution >= 0.6 is 22.7 Å². The van der Waals surface area contributed by atoms with E-state index in [-0.39, 0.29) is 36.9 Å². The molecule has 3 aromatic carbocycles. The van der Waals surface area contributed by atoms with Crippen LogP contribution in [0.15, 0.2) is 66.7 Å². The first-order chi connectivity index (χ1) is 37.5. The molecule has 0 saturated carbocycles. The SMILES string of the molecule is Cc1c(Nc2nc3ccccc3s2)nnc2c1CCCN2c1nc(C(=O)O)c(CCCOc2ccc(C#CC[N+](C)(C)Cc3ccc(NC(=O)[C@H](CCCNC(N)=O)NC(=O)[C@@H](NC(=O)OC(C)(C)C)C(C)C)cc3)cc2F)s1. The molecule has 20 nitrogen and oxygen atoms in total. The van der Waals surface area contributed by atoms with Gasteiger partial charge in [0.2, 0.25) is 11.8 Å². The van der Waals surface area contributed by atoms with Gasteiger partial charge in [-0.2, -0.15) is 0 Å². The minimum absolute atomic E-state index is 0.0328. The van der Waals surface area contributed by atoms with Gasteiger partial charge in [-0.25, -0.2) is 28.7 Å². The zero-order valence-electron chi connectivity index (χ0n) is 45.6. The average Bonchev–Trinajstić information content (AvgIpc) is 4.04. The number of quaternary nitrogens is 1. The predicted molar refractivity (Wildman–Crippen MR) is 304 cm³/mol. The number of aromatic nitrogens is 4. The van der Waals surface area contributed by atoms with E-state index >= 15 is 4.39 Å². The molecule has 0 aliphatic carbocycles. The van der Waals surface area contributed by atoms with Crippen molar-refractivity contribution in [3.63, 3.8) is 0 Å². The number of anilines is 5. The van der Waals surface area contributed by atoms with Crippen molar-refractivity contribution in [2.45, 2.75) is 104 Å². The van der Waals surface area contributed by atoms with Crippen molar-refractivity contribution in [3.05, 3.63) is 105 Å². The number of hydrogen-bond acceptors (Lipinski definition) is 15. The number of carboxylic acid groups (broad SMARTS) is 1. The van der Waals surface area contributed by atoms with Crippen LogP contribution in [0.1, 0.15) is 97.9 Å². The molecular formula is C56H68FN12O8S2+. The Balaban J connectivity index is 0.891. The number of halogens is 1. The van der Waals surface area contributed by atoms with Crippen molar-refractivity contribution in [3.8, 4) is 17.6 Å². The van der Waals surface area contributed by atoms with E-state index in [9.17, 15) is 29.1 Å². The first kappa shape index (κ1) is 58.7. The quantitative estimate of drug-likeness (QED) is 0.0191. The number of nitrogens with one attached hydrogen (secondary N) is 5. The Kier molecular flexibility index (Phi) is 19.4. The Morgan fingerprint density at radius 2 is 1.72 bits per heavy atom. The fraction of sp³-hybridized carbons (Fsp3) is 0.411. The van der Waals surface area contributed by atoms with Crippen LogP contribution in [0.4, 0.5) is 41.6 Å². The third-order valence-electron chi connectivity index (χ3n) is 12.6. The molecule has 418 valence electrons. The molecule has 1 aliphatic rings. The Hall–Kier alpha value is -7.94. The third kappa shape index (κ3) is 16.5. The van der Waals surface area contributed by atoms with Crippen LogP contribution in [-0.4, -0.2) is 118 Å². The van der Waals surface area contributed by atoms with Gasteiger partial charge in [0, 0.05) is 45.9 Å². The summed E-state index contributed by atoms with van der Waals surface area (Å²) in [5, 5.41) is 34.5. The molecule has 4 heterocycles. The second kappa shape index (κ2) is 26.1. The van der Waals surface area contributed by atoms with Crippen LogP contribution in [0.3, 0.4) is 0 Å². The average molecular weight is 1120 g/mol. The lowest BCUT2D eigenvalue weighted by Crippen LogP contribution is -2.55. The molecule has 0 saturated heterocycles. The number of aryl methyl sites for hydroxylation is 1. The number of para-hydroxylation sites is 1. The first-order valence-electron chi connectivity index (χ1n) is 26.0. The number of aromatic carboxylic acids is 1. The Bertz CT molecular complexity index is 3210. The maximum atomic E-state index is 15.3. The molecule has 2 atom stereocenters. The van der Waals surface area contributed by atoms with Crippen LogP contribution in [-0.2, 0) is 33.7 Å². The number of ether oxygens (including phenoxy) is 2. The molecule has 23 heteroatoms. The van der Waals surface area contributed by atoms with E-state index in [1.807, 2.05) is 62.3 Å². The number of thiazole rings is 2. The molecule has 0 bridgehead atoms. The summed E-state index contributed by atoms with van der Waals surface area (Å²) in [6.07, 6.45) is 2.11. The van der Waals surface area contributed by atoms with E-state index in [4.69, 9.17) is 15.2 Å². The largest absolute Gasteiger partial charge is 0.491 e. The summed E-state index contributed by atoms with van der Waals surface area (Å²) >= 11 is 2.83. The number of carbonyl (C=O) groups excluding carboxylic acids is 4. The highest BCUT2D eigenvalue weighted by Gasteiger charge is 2.32. The number of rotatable bonds is 22. The van der Waals surface area contributed by atoms with Gasteiger partial charge in [-0.05, 0) is 121 Å². The lowest BCUT2D eigenvalue weighted by Gasteiger charge is -2.28. The number of primary amides is 1. The van der Waals surface area contributed by atoms with E-state index in [1.54, 1.807) is 52.8 Å². The standard InChI is InChI=1S/C56H67FN12O8S2/c1-33(2)45(64-55(75)77-56(4,5)6)50(71)61-41(18-11-27-59-52(58)74)49(70)60-37-24-21-36(22-25-37)32-69(7,8)29-13-15-35-23-26-42(39(57)31-35)76-30-14-20-44-46(51(72)73)63-54(79-44)68-28-12-16-38-34(3)47(66-67-48(38)68)65-53-62-40-17-9-10-19-43(40)78-53/h9-10,17,19,21-26,31,33,41,45H,11-12,14,16,18,20,27-30,32H2,1-8H3,(H7-,58,59,60,61,62,64,65,66,70,71,72,73,74,75)/p+1/t41-,45-/m0/s1. The number of amides is 5. The Labute approximate surface area is 466 Å². The zero-order valence-corrected chi connectivity index (χ0v) is 47.3. The summed E-state index contributed by atoms with van der Waals surface area (Å²) in [5.74, 6) is 4.46. The van der Waals surface area contributed by atoms with Gasteiger partial charge in [-0.1, -0.05) is 55.4 Å². The van der Waals surface area contributed by atoms with Gasteiger partial charge >= 0.3 is 18.1 Å². The molecule has 7 rings (SSSR count). The van der Waals surface area contributed by atoms with Crippen molar-refractivity contribution in [1.82, 2.24) is 36.1 Å². The molecule has 3 aromatic heterocycles. The van der Waals surface area contributed by atoms with E-state index < -0.39 is 53.4 Å². The molecule has 1 aliphatic heterocycles. The van der Waals surface area contributed by atoms with Gasteiger partial charge in [0.25, 0.3) is 0 Å². The fourth-order valence-electron chi connectivity index (χ4n) is 8.66. The molecule has 79 heavy (non-hydrogen) atoms. The number of nitrogens with zero attached hydrogens (tertiary/aromatic N) is 6. The lowest BCUT2D eigenvalue weighted by atomic mass is 10.0. The normalized spacial score (nSPS) is 13.1. The first-order valence-corrected chi connectivity index (χ1v) is 27.6. The van der Waals surface area contributed by atoms with Crippen LogP contribution in [0.2, 0.25) is 0 Å². The van der Waals surface area contributed by atoms with Crippen LogP contribution in [0.25, 0.3) is 10.2 Å². The number of carbonyl (C=O) groups is 5. The summed E-state index contributed by atoms with van der Waals surface area (Å²) in [4.78, 5) is 75.0. The second-order valence-corrected chi connectivity index (χ2v) is 23.2. The predicted octanol–water partition coefficient (Wildman–Crippen LogP) is 8.58. The lowest BCUT2D eigenvalue weighted by molar-refractivity contribution is -0.896. The van der Waals surface area contributed by atoms with Crippen molar-refractivity contribution < 1.29 is 47.4 Å². The van der Waals surface area contributed by atoms with E-state index in [0.29, 0.717) is 76.3 Å². The monoisotopic (exact) mass is 1120 g/mol. The maximum Gasteiger partial charge on any atom is 0.408 e. The van der Waals surface area contributed by atoms with Crippen molar-refractivity contribution in [2.75, 3.05) is 55.9 Å². The number of benzene rings is 3. The van der Waals surface area contributed by atoms with Gasteiger partial charge in [0.1, 0.15) is 30.8 Å². The molecule has 0 radical (unpaired) electrons. The number of alkyl carbamates (subject to hydrolysis) is 1. The van der Waals surface area contributed by atoms with Crippen molar-refractivity contribution >= 4 is 90.4 Å². The highest BCUT2D eigenvalue weighted by Crippen LogP contribution is 2.39. The molecule has 6 aromatic rings. The maximum absolute atomic E-state index is 15.3. The number of nitrogens with two attached hydrogens (primary N) is 1. The van der Waals surface area contributed by atoms with E-state index in [2.05, 4.69) is 58.6 Å². The number of fused-ring (bicyclic) bond motifs is 2. The number of hydrogen-bond donors (Lipinski definition) is 7. The molecule has 0 unspecified atom stereocenters. The number of urea groups is 1. The highest BCUT2D eigenvalue weighted by molar-refractivity contribution is 7.22. The summed E-state index contributed by atoms with van der Waals surface area (Å²) < 4.78 is 28.0. The van der Waals surface area contributed by atoms with Crippen LogP contribution in [0.5, 0.6) is 5.75 Å². The summed E-state index contributed by atoms with van der Waals surface area (Å²) in [7, 11) is 4.03. The van der Waals surface area contributed by atoms with E-state index in [0.717, 1.165) is 44.9 Å². The molecule has 8 N–H and O–H groups in total. The van der Waals surface area contributed by atoms with Gasteiger partial charge in [0.05, 0.1) is 30.9 Å². The van der Waals surface area contributed by atoms with Gasteiger partial charge in [0.15, 0.2) is 39.2 Å². The third-order valence-corrected chi connectivity index (χ3v) is 14.6. The summed E-state index contributed by atoms with van der Waals surface area (Å²) in [6.45, 7) is 12.6. The minimum Gasteiger partial charge on any atom is -0.491 e. The zero-order chi connectivity index (χ0) is 57.0. The Morgan fingerprint density at radius 3 is 2.42 bits per heavy atom. The summed E-state index contributed by atoms with van der Waals surface area (Å²) in [5.41, 5.74) is 9.18. The topological polar surface area (TPSA) is 265 Å². The molecule has 0 spiro atoms. The van der Waals surface area contributed by atoms with E-state index in [1.165, 1.54) is 34.8 Å². The van der Waals surface area contributed by atoms with Crippen LogP contribution in [0, 0.1) is 30.5 Å². The van der Waals surface area contributed by atoms with Crippen molar-refractivity contribution in [2.24, 2.45) is 11.7 Å². The summed E-state index contributed by atoms with van der Waals surface area (Å²) in [6, 6.07) is 17.0. The van der Waals surface area contributed by atoms with Gasteiger partial charge < -0.3 is 56.3 Å². The van der Waals surface area contributed by atoms with Gasteiger partial charge in [-0.15, -0.1) is 21.5 Å². The molecular weight excluding hydrogens is 1050 g/mol. The highest BCUT2D eigenvalue weighted by atomic mass is 32.1. The molecule has 5 amide bonds. The number of carboxylic acids is 1. The van der Waals surface area contributed by atoms with Gasteiger partial charge in [-0.3, -0.25) is 9.59 Å². The van der Waals surface area contributed by atoms with Crippen LogP contribution < -0.4 is 42.0 Å². The Morgan fingerprint density at radius 1 is 0.962 bits per heavy atom. The fourth-order valence-corrected chi connectivity index (χ4v) is 10.6. The second-order valence-electron chi connectivity index (χ2n) is 21.1. The van der Waals surface area contributed by atoms with Crippen molar-refractivity contribution in [1.29, 1.82) is 0 Å². The molecule has 0 fully saturated rings. The smallest absolute Gasteiger partial charge is 0.408 e. The minimum atomic E-state index is -1.13.